The van der Waals surface area contributed by atoms with E-state index in [-0.39, 0.29) is 5.91 Å². The number of nitrogens with one attached hydrogen (secondary N) is 1. The Bertz CT molecular complexity index is 988. The number of thiocarbonyl (C=S) groups is 1. The van der Waals surface area contributed by atoms with Crippen LogP contribution in [0.2, 0.25) is 5.02 Å². The van der Waals surface area contributed by atoms with Crippen LogP contribution in [0.25, 0.3) is 0 Å². The van der Waals surface area contributed by atoms with Gasteiger partial charge in [-0.2, -0.15) is 0 Å². The third-order valence-corrected chi connectivity index (χ3v) is 6.11. The van der Waals surface area contributed by atoms with Crippen LogP contribution >= 0.6 is 23.8 Å². The van der Waals surface area contributed by atoms with Gasteiger partial charge in [-0.05, 0) is 37.5 Å². The molecule has 0 bridgehead atoms. The third kappa shape index (κ3) is 4.19. The summed E-state index contributed by atoms with van der Waals surface area (Å²) >= 11 is 11.9. The van der Waals surface area contributed by atoms with Crippen molar-refractivity contribution < 1.29 is 4.79 Å². The highest BCUT2D eigenvalue weighted by Gasteiger charge is 2.31. The molecule has 2 aromatic carbocycles. The second kappa shape index (κ2) is 8.71. The summed E-state index contributed by atoms with van der Waals surface area (Å²) in [4.78, 5) is 24.1. The molecule has 156 valence electrons. The highest BCUT2D eigenvalue weighted by atomic mass is 35.5. The van der Waals surface area contributed by atoms with E-state index in [1.165, 1.54) is 0 Å². The van der Waals surface area contributed by atoms with Crippen molar-refractivity contribution in [3.05, 3.63) is 64.7 Å². The fraction of sp³-hybridized carbons (Fsp3) is 0.318. The minimum atomic E-state index is -0.816. The summed E-state index contributed by atoms with van der Waals surface area (Å²) in [7, 11) is 3.85. The van der Waals surface area contributed by atoms with Gasteiger partial charge >= 0.3 is 0 Å². The third-order valence-electron chi connectivity index (χ3n) is 5.50. The number of halogens is 1. The number of piperazine rings is 1. The van der Waals surface area contributed by atoms with E-state index in [1.807, 2.05) is 42.5 Å². The van der Waals surface area contributed by atoms with Crippen LogP contribution in [0.1, 0.15) is 11.1 Å². The Hall–Kier alpha value is -2.48. The van der Waals surface area contributed by atoms with Crippen molar-refractivity contribution in [1.29, 1.82) is 0 Å². The van der Waals surface area contributed by atoms with Gasteiger partial charge in [0.1, 0.15) is 0 Å². The summed E-state index contributed by atoms with van der Waals surface area (Å²) in [5, 5.41) is 4.35. The van der Waals surface area contributed by atoms with Crippen LogP contribution in [-0.4, -0.2) is 73.0 Å². The zero-order valence-corrected chi connectivity index (χ0v) is 18.6. The van der Waals surface area contributed by atoms with E-state index < -0.39 is 6.17 Å². The molecule has 6 nitrogen and oxygen atoms in total. The first-order valence-corrected chi connectivity index (χ1v) is 10.7. The molecule has 8 heteroatoms. The molecule has 0 aliphatic carbocycles. The Balaban J connectivity index is 1.71. The largest absolute Gasteiger partial charge is 0.347 e. The number of hydrogen-bond donors (Lipinski definition) is 1. The van der Waals surface area contributed by atoms with E-state index in [0.29, 0.717) is 15.8 Å². The van der Waals surface area contributed by atoms with Crippen molar-refractivity contribution >= 4 is 46.2 Å². The fourth-order valence-corrected chi connectivity index (χ4v) is 4.15. The number of rotatable bonds is 2. The lowest BCUT2D eigenvalue weighted by Gasteiger charge is -2.35. The number of likely N-dealkylation sites (N-methyl/N-ethyl adjacent to an activating group) is 2. The van der Waals surface area contributed by atoms with Gasteiger partial charge in [-0.1, -0.05) is 41.9 Å². The fourth-order valence-electron chi connectivity index (χ4n) is 3.68. The molecule has 2 aromatic rings. The molecule has 2 aliphatic heterocycles. The Kier molecular flexibility index (Phi) is 6.04. The lowest BCUT2D eigenvalue weighted by Crippen LogP contribution is -2.54. The molecule has 4 rings (SSSR count). The summed E-state index contributed by atoms with van der Waals surface area (Å²) in [6.45, 7) is 3.51. The topological polar surface area (TPSA) is 51.2 Å². The summed E-state index contributed by atoms with van der Waals surface area (Å²) in [5.41, 5.74) is 3.21. The average Bonchev–Trinajstić information content (AvgIpc) is 2.85. The quantitative estimate of drug-likeness (QED) is 0.726. The first-order valence-electron chi connectivity index (χ1n) is 9.89. The number of carbonyl (C=O) groups is 1. The highest BCUT2D eigenvalue weighted by molar-refractivity contribution is 7.80. The number of carbonyl (C=O) groups excluding carboxylic acids is 1. The lowest BCUT2D eigenvalue weighted by molar-refractivity contribution is -0.119. The molecular formula is C22H24ClN5OS. The van der Waals surface area contributed by atoms with Crippen LogP contribution in [-0.2, 0) is 4.79 Å². The van der Waals surface area contributed by atoms with Gasteiger partial charge in [-0.15, -0.1) is 0 Å². The number of benzene rings is 2. The number of anilines is 1. The second-order valence-electron chi connectivity index (χ2n) is 7.54. The van der Waals surface area contributed by atoms with Crippen molar-refractivity contribution in [2.45, 2.75) is 6.17 Å². The maximum absolute atomic E-state index is 13.3. The number of amides is 1. The molecule has 0 radical (unpaired) electrons. The summed E-state index contributed by atoms with van der Waals surface area (Å²) in [6, 6.07) is 15.3. The molecule has 2 aliphatic rings. The van der Waals surface area contributed by atoms with Crippen LogP contribution in [0.15, 0.2) is 53.5 Å². The van der Waals surface area contributed by atoms with Gasteiger partial charge in [0.05, 0.1) is 11.4 Å². The maximum Gasteiger partial charge on any atom is 0.272 e. The minimum Gasteiger partial charge on any atom is -0.347 e. The van der Waals surface area contributed by atoms with Gasteiger partial charge in [-0.3, -0.25) is 4.79 Å². The Morgan fingerprint density at radius 2 is 1.80 bits per heavy atom. The second-order valence-corrected chi connectivity index (χ2v) is 8.37. The zero-order valence-electron chi connectivity index (χ0n) is 17.0. The molecule has 0 spiro atoms. The summed E-state index contributed by atoms with van der Waals surface area (Å²) < 4.78 is 0. The molecule has 1 atom stereocenters. The highest BCUT2D eigenvalue weighted by Crippen LogP contribution is 2.29. The molecule has 0 aromatic heterocycles. The van der Waals surface area contributed by atoms with E-state index >= 15 is 0 Å². The number of benzodiazepines with no additional fused rings is 1. The van der Waals surface area contributed by atoms with Crippen molar-refractivity contribution in [2.24, 2.45) is 4.99 Å². The Morgan fingerprint density at radius 1 is 1.10 bits per heavy atom. The van der Waals surface area contributed by atoms with Crippen molar-refractivity contribution in [1.82, 2.24) is 15.1 Å². The van der Waals surface area contributed by atoms with Crippen LogP contribution in [0.4, 0.5) is 5.69 Å². The van der Waals surface area contributed by atoms with E-state index in [4.69, 9.17) is 28.8 Å². The molecule has 0 saturated carbocycles. The molecule has 1 saturated heterocycles. The zero-order chi connectivity index (χ0) is 21.3. The number of fused-ring (bicyclic) bond motifs is 1. The standard InChI is InChI=1S/C22H24ClN5OS/c1-26-10-12-28(13-11-26)22(30)25-20-21(29)27(2)18-9-8-16(23)14-17(18)19(24-20)15-6-4-3-5-7-15/h3-9,14,20H,10-13H2,1-2H3,(H,25,30). The first-order chi connectivity index (χ1) is 14.4. The van der Waals surface area contributed by atoms with Gasteiger partial charge in [0, 0.05) is 49.4 Å². The van der Waals surface area contributed by atoms with Gasteiger partial charge in [0.2, 0.25) is 6.17 Å². The molecule has 1 unspecified atom stereocenters. The molecular weight excluding hydrogens is 418 g/mol. The van der Waals surface area contributed by atoms with Crippen LogP contribution in [0, 0.1) is 0 Å². The van der Waals surface area contributed by atoms with Crippen LogP contribution in [0.5, 0.6) is 0 Å². The molecule has 2 heterocycles. The number of aliphatic imine (C=N–C) groups is 1. The number of hydrogen-bond acceptors (Lipinski definition) is 4. The van der Waals surface area contributed by atoms with Gasteiger partial charge in [0.25, 0.3) is 5.91 Å². The van der Waals surface area contributed by atoms with Crippen molar-refractivity contribution in [3.8, 4) is 0 Å². The number of nitrogens with zero attached hydrogens (tertiary/aromatic N) is 4. The Morgan fingerprint density at radius 3 is 2.50 bits per heavy atom. The van der Waals surface area contributed by atoms with E-state index in [9.17, 15) is 4.79 Å². The Labute approximate surface area is 187 Å². The predicted molar refractivity (Wildman–Crippen MR) is 126 cm³/mol. The van der Waals surface area contributed by atoms with Crippen LogP contribution < -0.4 is 10.2 Å². The van der Waals surface area contributed by atoms with E-state index in [1.54, 1.807) is 18.0 Å². The predicted octanol–water partition coefficient (Wildman–Crippen LogP) is 2.60. The molecule has 1 amide bonds. The van der Waals surface area contributed by atoms with Gasteiger partial charge < -0.3 is 20.0 Å². The van der Waals surface area contributed by atoms with E-state index in [0.717, 1.165) is 43.0 Å². The minimum absolute atomic E-state index is 0.166. The van der Waals surface area contributed by atoms with Gasteiger partial charge in [0.15, 0.2) is 5.11 Å². The monoisotopic (exact) mass is 441 g/mol. The lowest BCUT2D eigenvalue weighted by atomic mass is 10.0. The average molecular weight is 442 g/mol. The van der Waals surface area contributed by atoms with Gasteiger partial charge in [-0.25, -0.2) is 4.99 Å². The molecule has 1 N–H and O–H groups in total. The molecule has 1 fully saturated rings. The maximum atomic E-state index is 13.3. The SMILES string of the molecule is CN1CCN(C(=S)NC2N=C(c3ccccc3)c3cc(Cl)ccc3N(C)C2=O)CC1. The van der Waals surface area contributed by atoms with Crippen molar-refractivity contribution in [2.75, 3.05) is 45.2 Å². The smallest absolute Gasteiger partial charge is 0.272 e. The van der Waals surface area contributed by atoms with Crippen LogP contribution in [0.3, 0.4) is 0 Å². The van der Waals surface area contributed by atoms with Crippen molar-refractivity contribution in [3.63, 3.8) is 0 Å². The first kappa shape index (κ1) is 20.8. The van der Waals surface area contributed by atoms with E-state index in [2.05, 4.69) is 22.2 Å². The molecule has 30 heavy (non-hydrogen) atoms. The summed E-state index contributed by atoms with van der Waals surface area (Å²) in [6.07, 6.45) is -0.816. The summed E-state index contributed by atoms with van der Waals surface area (Å²) in [5.74, 6) is -0.166. The normalized spacial score (nSPS) is 19.8.